The summed E-state index contributed by atoms with van der Waals surface area (Å²) in [4.78, 5) is 20.2. The number of hydrogen-bond donors (Lipinski definition) is 0. The number of ether oxygens (including phenoxy) is 1. The van der Waals surface area contributed by atoms with Gasteiger partial charge in [-0.05, 0) is 0 Å². The Bertz CT molecular complexity index is 197. The van der Waals surface area contributed by atoms with E-state index in [0.717, 1.165) is 0 Å². The molecule has 0 N–H and O–H groups in total. The largest absolute Gasteiger partial charge is 0.458 e. The highest BCUT2D eigenvalue weighted by atomic mass is 16.6. The van der Waals surface area contributed by atoms with Crippen molar-refractivity contribution in [3.8, 4) is 0 Å². The molecular weight excluding hydrogens is 150 g/mol. The molecule has 0 aromatic rings. The number of nitro groups is 1. The number of nitrogens with zero attached hydrogens (tertiary/aromatic N) is 1. The van der Waals surface area contributed by atoms with E-state index in [9.17, 15) is 14.9 Å². The summed E-state index contributed by atoms with van der Waals surface area (Å²) in [5, 5.41) is 10.3. The Morgan fingerprint density at radius 1 is 1.73 bits per heavy atom. The molecule has 11 heavy (non-hydrogen) atoms. The first-order chi connectivity index (χ1) is 5.07. The Balaban J connectivity index is 2.36. The lowest BCUT2D eigenvalue weighted by Crippen LogP contribution is -2.28. The van der Waals surface area contributed by atoms with Crippen LogP contribution in [0.4, 0.5) is 0 Å². The zero-order chi connectivity index (χ0) is 8.48. The van der Waals surface area contributed by atoms with Crippen molar-refractivity contribution in [2.24, 2.45) is 0 Å². The summed E-state index contributed by atoms with van der Waals surface area (Å²) in [5.41, 5.74) is -0.939. The predicted octanol–water partition coefficient (Wildman–Crippen LogP) is 0.359. The van der Waals surface area contributed by atoms with Crippen LogP contribution in [0.25, 0.3) is 0 Å². The summed E-state index contributed by atoms with van der Waals surface area (Å²) in [6.07, 6.45) is 1.04. The van der Waals surface area contributed by atoms with Gasteiger partial charge in [0.15, 0.2) is 6.61 Å². The highest BCUT2D eigenvalue weighted by Crippen LogP contribution is 2.38. The van der Waals surface area contributed by atoms with E-state index in [2.05, 4.69) is 4.74 Å². The van der Waals surface area contributed by atoms with Crippen molar-refractivity contribution in [2.45, 2.75) is 25.3 Å². The maximum absolute atomic E-state index is 10.3. The van der Waals surface area contributed by atoms with E-state index in [1.807, 2.05) is 0 Å². The molecule has 5 heteroatoms. The minimum absolute atomic E-state index is 0.0741. The maximum Gasteiger partial charge on any atom is 0.302 e. The standard InChI is InChI=1S/C6H9NO4/c1-5(8)11-4-6(2-3-6)7(9)10/h2-4H2,1H3. The summed E-state index contributed by atoms with van der Waals surface area (Å²) in [7, 11) is 0. The lowest BCUT2D eigenvalue weighted by Gasteiger charge is -2.05. The van der Waals surface area contributed by atoms with Crippen LogP contribution in [0.3, 0.4) is 0 Å². The molecule has 0 aliphatic heterocycles. The maximum atomic E-state index is 10.3. The minimum atomic E-state index is -0.939. The second-order valence-corrected chi connectivity index (χ2v) is 2.76. The molecule has 5 nitrogen and oxygen atoms in total. The van der Waals surface area contributed by atoms with E-state index >= 15 is 0 Å². The molecule has 0 unspecified atom stereocenters. The smallest absolute Gasteiger partial charge is 0.302 e. The fraction of sp³-hybridized carbons (Fsp3) is 0.833. The van der Waals surface area contributed by atoms with Crippen molar-refractivity contribution in [1.29, 1.82) is 0 Å². The summed E-state index contributed by atoms with van der Waals surface area (Å²) in [5.74, 6) is -0.460. The van der Waals surface area contributed by atoms with Crippen LogP contribution in [-0.2, 0) is 9.53 Å². The number of rotatable bonds is 3. The van der Waals surface area contributed by atoms with Crippen LogP contribution in [0, 0.1) is 10.1 Å². The zero-order valence-electron chi connectivity index (χ0n) is 6.20. The van der Waals surface area contributed by atoms with Gasteiger partial charge in [-0.15, -0.1) is 0 Å². The van der Waals surface area contributed by atoms with Gasteiger partial charge in [0.25, 0.3) is 5.54 Å². The number of esters is 1. The first kappa shape index (κ1) is 7.97. The molecule has 0 atom stereocenters. The molecule has 1 aliphatic carbocycles. The first-order valence-electron chi connectivity index (χ1n) is 3.35. The number of carbonyl (C=O) groups excluding carboxylic acids is 1. The van der Waals surface area contributed by atoms with Crippen molar-refractivity contribution in [3.05, 3.63) is 10.1 Å². The Morgan fingerprint density at radius 3 is 2.55 bits per heavy atom. The van der Waals surface area contributed by atoms with Crippen LogP contribution in [-0.4, -0.2) is 23.0 Å². The van der Waals surface area contributed by atoms with Crippen molar-refractivity contribution in [2.75, 3.05) is 6.61 Å². The van der Waals surface area contributed by atoms with Crippen molar-refractivity contribution in [3.63, 3.8) is 0 Å². The third kappa shape index (κ3) is 1.66. The predicted molar refractivity (Wildman–Crippen MR) is 35.6 cm³/mol. The molecule has 0 heterocycles. The van der Waals surface area contributed by atoms with E-state index in [1.54, 1.807) is 0 Å². The fourth-order valence-corrected chi connectivity index (χ4v) is 0.760. The molecule has 0 saturated heterocycles. The molecule has 1 fully saturated rings. The molecule has 1 aliphatic rings. The zero-order valence-corrected chi connectivity index (χ0v) is 6.20. The van der Waals surface area contributed by atoms with Crippen LogP contribution < -0.4 is 0 Å². The molecular formula is C6H9NO4. The summed E-state index contributed by atoms with van der Waals surface area (Å²) in [6.45, 7) is 1.17. The van der Waals surface area contributed by atoms with Gasteiger partial charge in [0.1, 0.15) is 0 Å². The Kier molecular flexibility index (Phi) is 1.80. The Labute approximate surface area is 63.5 Å². The minimum Gasteiger partial charge on any atom is -0.458 e. The molecule has 0 radical (unpaired) electrons. The van der Waals surface area contributed by atoms with Crippen LogP contribution in [0.2, 0.25) is 0 Å². The van der Waals surface area contributed by atoms with Gasteiger partial charge in [0, 0.05) is 24.7 Å². The molecule has 1 rings (SSSR count). The van der Waals surface area contributed by atoms with Gasteiger partial charge in [-0.25, -0.2) is 0 Å². The topological polar surface area (TPSA) is 69.4 Å². The average molecular weight is 159 g/mol. The van der Waals surface area contributed by atoms with Crippen molar-refractivity contribution in [1.82, 2.24) is 0 Å². The first-order valence-corrected chi connectivity index (χ1v) is 3.35. The lowest BCUT2D eigenvalue weighted by atomic mass is 10.3. The molecule has 0 aromatic carbocycles. The second kappa shape index (κ2) is 2.48. The Morgan fingerprint density at radius 2 is 2.27 bits per heavy atom. The second-order valence-electron chi connectivity index (χ2n) is 2.76. The van der Waals surface area contributed by atoms with Crippen LogP contribution in [0.5, 0.6) is 0 Å². The summed E-state index contributed by atoms with van der Waals surface area (Å²) >= 11 is 0. The average Bonchev–Trinajstić information content (AvgIpc) is 2.63. The monoisotopic (exact) mass is 159 g/mol. The van der Waals surface area contributed by atoms with Gasteiger partial charge in [-0.3, -0.25) is 14.9 Å². The molecule has 0 spiro atoms. The van der Waals surface area contributed by atoms with Gasteiger partial charge < -0.3 is 4.74 Å². The van der Waals surface area contributed by atoms with E-state index in [1.165, 1.54) is 6.92 Å². The molecule has 62 valence electrons. The van der Waals surface area contributed by atoms with Crippen LogP contribution in [0.15, 0.2) is 0 Å². The van der Waals surface area contributed by atoms with Gasteiger partial charge in [-0.1, -0.05) is 0 Å². The third-order valence-electron chi connectivity index (χ3n) is 1.76. The Hall–Kier alpha value is -1.13. The van der Waals surface area contributed by atoms with Gasteiger partial charge in [0.2, 0.25) is 0 Å². The number of hydrogen-bond acceptors (Lipinski definition) is 4. The lowest BCUT2D eigenvalue weighted by molar-refractivity contribution is -0.541. The van der Waals surface area contributed by atoms with E-state index in [-0.39, 0.29) is 11.5 Å². The molecule has 0 aromatic heterocycles. The van der Waals surface area contributed by atoms with Gasteiger partial charge >= 0.3 is 5.97 Å². The summed E-state index contributed by atoms with van der Waals surface area (Å²) < 4.78 is 4.55. The summed E-state index contributed by atoms with van der Waals surface area (Å²) in [6, 6.07) is 0. The quantitative estimate of drug-likeness (QED) is 0.338. The third-order valence-corrected chi connectivity index (χ3v) is 1.76. The van der Waals surface area contributed by atoms with E-state index < -0.39 is 11.5 Å². The number of carbonyl (C=O) groups is 1. The van der Waals surface area contributed by atoms with Gasteiger partial charge in [-0.2, -0.15) is 0 Å². The highest BCUT2D eigenvalue weighted by Gasteiger charge is 2.57. The molecule has 0 bridgehead atoms. The highest BCUT2D eigenvalue weighted by molar-refractivity contribution is 5.66. The van der Waals surface area contributed by atoms with Crippen molar-refractivity contribution >= 4 is 5.97 Å². The SMILES string of the molecule is CC(=O)OCC1([N+](=O)[O-])CC1. The van der Waals surface area contributed by atoms with Crippen LogP contribution in [0.1, 0.15) is 19.8 Å². The molecule has 0 amide bonds. The van der Waals surface area contributed by atoms with Gasteiger partial charge in [0.05, 0.1) is 0 Å². The van der Waals surface area contributed by atoms with E-state index in [0.29, 0.717) is 12.8 Å². The fourth-order valence-electron chi connectivity index (χ4n) is 0.760. The van der Waals surface area contributed by atoms with Crippen molar-refractivity contribution < 1.29 is 14.5 Å². The van der Waals surface area contributed by atoms with E-state index in [4.69, 9.17) is 0 Å². The molecule has 1 saturated carbocycles. The normalized spacial score (nSPS) is 19.0. The van der Waals surface area contributed by atoms with Crippen LogP contribution >= 0.6 is 0 Å².